The SMILES string of the molecule is CC/C=C\C/C=C\C/C=C\CC(=O)OCC(COC(=O)CCCCC/C=C\C=C/CCCCCCCCC)OC(=O)CCCCCCCC/C=C\C=C/CCCCC. The van der Waals surface area contributed by atoms with Crippen LogP contribution in [0.4, 0.5) is 0 Å². The lowest BCUT2D eigenvalue weighted by molar-refractivity contribution is -0.166. The average molecular weight is 807 g/mol. The normalized spacial score (nSPS) is 12.8. The molecule has 58 heavy (non-hydrogen) atoms. The van der Waals surface area contributed by atoms with Crippen LogP contribution in [-0.4, -0.2) is 37.2 Å². The molecule has 1 atom stereocenters. The van der Waals surface area contributed by atoms with Crippen LogP contribution in [0.3, 0.4) is 0 Å². The number of hydrogen-bond acceptors (Lipinski definition) is 6. The zero-order chi connectivity index (χ0) is 42.3. The Hall–Kier alpha value is -3.41. The number of rotatable bonds is 41. The van der Waals surface area contributed by atoms with Crippen LogP contribution in [0.25, 0.3) is 0 Å². The molecule has 0 aliphatic rings. The number of esters is 3. The average Bonchev–Trinajstić information content (AvgIpc) is 3.22. The zero-order valence-corrected chi connectivity index (χ0v) is 37.5. The van der Waals surface area contributed by atoms with Crippen molar-refractivity contribution in [1.82, 2.24) is 0 Å². The molecule has 330 valence electrons. The van der Waals surface area contributed by atoms with Gasteiger partial charge in [-0.05, 0) is 83.5 Å². The Kier molecular flexibility index (Phi) is 43.6. The Morgan fingerprint density at radius 1 is 0.397 bits per heavy atom. The highest BCUT2D eigenvalue weighted by atomic mass is 16.6. The maximum atomic E-state index is 12.7. The molecule has 0 fully saturated rings. The van der Waals surface area contributed by atoms with Crippen LogP contribution >= 0.6 is 0 Å². The summed E-state index contributed by atoms with van der Waals surface area (Å²) in [5, 5.41) is 0. The second-order valence-electron chi connectivity index (χ2n) is 15.4. The van der Waals surface area contributed by atoms with E-state index >= 15 is 0 Å². The van der Waals surface area contributed by atoms with Crippen molar-refractivity contribution in [3.8, 4) is 0 Å². The van der Waals surface area contributed by atoms with Gasteiger partial charge in [0.1, 0.15) is 13.2 Å². The molecule has 0 aliphatic carbocycles. The minimum atomic E-state index is -0.827. The molecule has 0 N–H and O–H groups in total. The third-order valence-electron chi connectivity index (χ3n) is 9.69. The van der Waals surface area contributed by atoms with E-state index in [1.807, 2.05) is 6.08 Å². The van der Waals surface area contributed by atoms with Crippen molar-refractivity contribution in [2.75, 3.05) is 13.2 Å². The van der Waals surface area contributed by atoms with Gasteiger partial charge >= 0.3 is 17.9 Å². The summed E-state index contributed by atoms with van der Waals surface area (Å²) in [6.07, 6.45) is 58.9. The van der Waals surface area contributed by atoms with Crippen LogP contribution in [0, 0.1) is 0 Å². The van der Waals surface area contributed by atoms with E-state index in [0.29, 0.717) is 12.8 Å². The Labute approximate surface area is 356 Å². The van der Waals surface area contributed by atoms with Gasteiger partial charge in [-0.2, -0.15) is 0 Å². The van der Waals surface area contributed by atoms with E-state index in [9.17, 15) is 14.4 Å². The highest BCUT2D eigenvalue weighted by Gasteiger charge is 2.19. The molecule has 0 heterocycles. The Balaban J connectivity index is 4.48. The lowest BCUT2D eigenvalue weighted by Gasteiger charge is -2.18. The van der Waals surface area contributed by atoms with E-state index in [0.717, 1.165) is 89.9 Å². The summed E-state index contributed by atoms with van der Waals surface area (Å²) in [6.45, 7) is 6.33. The van der Waals surface area contributed by atoms with E-state index < -0.39 is 12.1 Å². The Morgan fingerprint density at radius 2 is 0.776 bits per heavy atom. The van der Waals surface area contributed by atoms with Crippen LogP contribution < -0.4 is 0 Å². The molecule has 0 amide bonds. The number of ether oxygens (including phenoxy) is 3. The van der Waals surface area contributed by atoms with Gasteiger partial charge < -0.3 is 14.2 Å². The molecule has 0 saturated heterocycles. The topological polar surface area (TPSA) is 78.9 Å². The minimum Gasteiger partial charge on any atom is -0.462 e. The van der Waals surface area contributed by atoms with Crippen molar-refractivity contribution in [1.29, 1.82) is 0 Å². The fourth-order valence-electron chi connectivity index (χ4n) is 6.13. The minimum absolute atomic E-state index is 0.123. The highest BCUT2D eigenvalue weighted by molar-refractivity contribution is 5.72. The summed E-state index contributed by atoms with van der Waals surface area (Å²) < 4.78 is 16.6. The van der Waals surface area contributed by atoms with Crippen molar-refractivity contribution < 1.29 is 28.6 Å². The maximum absolute atomic E-state index is 12.7. The van der Waals surface area contributed by atoms with Crippen LogP contribution in [0.2, 0.25) is 0 Å². The first-order valence-corrected chi connectivity index (χ1v) is 23.6. The zero-order valence-electron chi connectivity index (χ0n) is 37.5. The number of unbranched alkanes of at least 4 members (excludes halogenated alkanes) is 19. The van der Waals surface area contributed by atoms with Gasteiger partial charge in [0.15, 0.2) is 6.10 Å². The molecule has 0 aromatic carbocycles. The standard InChI is InChI=1S/C52H86O6/c1-4-7-10-13-16-19-21-23-25-27-28-30-33-36-39-42-45-51(54)57-48-49(47-56-50(53)44-41-38-35-32-18-15-12-9-6-3)58-52(55)46-43-40-37-34-31-29-26-24-22-20-17-14-11-8-5-2/h9,12,17-18,20,22,24-25,27-28,30,32,38,41,49H,4-8,10-11,13-16,19,21,23,26,29,31,33-37,39-40,42-48H2,1-3H3/b12-9-,20-17-,24-22-,27-25-,30-28-,32-18-,41-38-. The third kappa shape index (κ3) is 43.7. The van der Waals surface area contributed by atoms with E-state index in [4.69, 9.17) is 14.2 Å². The summed E-state index contributed by atoms with van der Waals surface area (Å²) >= 11 is 0. The van der Waals surface area contributed by atoms with E-state index in [1.54, 1.807) is 6.08 Å². The summed E-state index contributed by atoms with van der Waals surface area (Å²) in [5.74, 6) is -1.09. The van der Waals surface area contributed by atoms with Gasteiger partial charge in [0, 0.05) is 12.8 Å². The van der Waals surface area contributed by atoms with Crippen molar-refractivity contribution >= 4 is 17.9 Å². The molecule has 0 aromatic rings. The molecular formula is C52H86O6. The number of hydrogen-bond donors (Lipinski definition) is 0. The second kappa shape index (κ2) is 46.3. The predicted molar refractivity (Wildman–Crippen MR) is 247 cm³/mol. The quantitative estimate of drug-likeness (QED) is 0.0201. The molecule has 6 heteroatoms. The van der Waals surface area contributed by atoms with Gasteiger partial charge in [-0.15, -0.1) is 0 Å². The Bertz CT molecular complexity index is 1160. The third-order valence-corrected chi connectivity index (χ3v) is 9.69. The molecule has 0 radical (unpaired) electrons. The fraction of sp³-hybridized carbons (Fsp3) is 0.673. The number of carbonyl (C=O) groups is 3. The fourth-order valence-corrected chi connectivity index (χ4v) is 6.13. The molecule has 6 nitrogen and oxygen atoms in total. The largest absolute Gasteiger partial charge is 0.462 e. The van der Waals surface area contributed by atoms with E-state index in [1.165, 1.54) is 77.0 Å². The van der Waals surface area contributed by atoms with Crippen LogP contribution in [0.5, 0.6) is 0 Å². The first-order chi connectivity index (χ1) is 28.5. The highest BCUT2D eigenvalue weighted by Crippen LogP contribution is 2.12. The van der Waals surface area contributed by atoms with Gasteiger partial charge in [0.2, 0.25) is 0 Å². The lowest BCUT2D eigenvalue weighted by Crippen LogP contribution is -2.30. The monoisotopic (exact) mass is 807 g/mol. The molecule has 0 saturated carbocycles. The van der Waals surface area contributed by atoms with Gasteiger partial charge in [0.25, 0.3) is 0 Å². The molecular weight excluding hydrogens is 721 g/mol. The molecule has 0 aromatic heterocycles. The smallest absolute Gasteiger partial charge is 0.309 e. The molecule has 1 unspecified atom stereocenters. The van der Waals surface area contributed by atoms with E-state index in [2.05, 4.69) is 93.7 Å². The summed E-state index contributed by atoms with van der Waals surface area (Å²) in [7, 11) is 0. The maximum Gasteiger partial charge on any atom is 0.309 e. The second-order valence-corrected chi connectivity index (χ2v) is 15.4. The summed E-state index contributed by atoms with van der Waals surface area (Å²) in [4.78, 5) is 37.7. The van der Waals surface area contributed by atoms with Crippen molar-refractivity contribution in [2.24, 2.45) is 0 Å². The van der Waals surface area contributed by atoms with Crippen LogP contribution in [-0.2, 0) is 28.6 Å². The molecule has 0 rings (SSSR count). The van der Waals surface area contributed by atoms with Crippen molar-refractivity contribution in [3.05, 3.63) is 85.1 Å². The number of allylic oxidation sites excluding steroid dienone is 13. The lowest BCUT2D eigenvalue weighted by atomic mass is 10.1. The summed E-state index contributed by atoms with van der Waals surface area (Å²) in [5.41, 5.74) is 0. The van der Waals surface area contributed by atoms with Crippen molar-refractivity contribution in [3.63, 3.8) is 0 Å². The van der Waals surface area contributed by atoms with Gasteiger partial charge in [-0.1, -0.05) is 189 Å². The summed E-state index contributed by atoms with van der Waals surface area (Å²) in [6, 6.07) is 0. The van der Waals surface area contributed by atoms with Gasteiger partial charge in [-0.3, -0.25) is 14.4 Å². The first-order valence-electron chi connectivity index (χ1n) is 23.6. The predicted octanol–water partition coefficient (Wildman–Crippen LogP) is 15.3. The molecule has 0 bridgehead atoms. The van der Waals surface area contributed by atoms with Crippen molar-refractivity contribution in [2.45, 2.75) is 213 Å². The Morgan fingerprint density at radius 3 is 1.29 bits per heavy atom. The van der Waals surface area contributed by atoms with Crippen LogP contribution in [0.1, 0.15) is 207 Å². The van der Waals surface area contributed by atoms with Crippen LogP contribution in [0.15, 0.2) is 85.1 Å². The number of carbonyl (C=O) groups excluding carboxylic acids is 3. The van der Waals surface area contributed by atoms with E-state index in [-0.39, 0.29) is 31.6 Å². The van der Waals surface area contributed by atoms with Gasteiger partial charge in [-0.25, -0.2) is 0 Å². The molecule has 0 spiro atoms. The molecule has 0 aliphatic heterocycles. The first kappa shape index (κ1) is 54.6. The van der Waals surface area contributed by atoms with Gasteiger partial charge in [0.05, 0.1) is 6.42 Å².